The number of benzene rings is 1. The van der Waals surface area contributed by atoms with Crippen LogP contribution in [0, 0.1) is 0 Å². The number of rotatable bonds is 2. The van der Waals surface area contributed by atoms with Crippen molar-refractivity contribution in [1.29, 1.82) is 0 Å². The second kappa shape index (κ2) is 4.36. The average Bonchev–Trinajstić information content (AvgIpc) is 2.26. The summed E-state index contributed by atoms with van der Waals surface area (Å²) < 4.78 is 0. The maximum atomic E-state index is 11.6. The van der Waals surface area contributed by atoms with E-state index in [1.54, 1.807) is 6.07 Å². The molecule has 0 saturated heterocycles. The molecular formula is C15H19NO. The molecule has 0 aliphatic heterocycles. The van der Waals surface area contributed by atoms with E-state index < -0.39 is 0 Å². The largest absolute Gasteiger partial charge is 0.322 e. The van der Waals surface area contributed by atoms with Gasteiger partial charge >= 0.3 is 0 Å². The molecular weight excluding hydrogens is 210 g/mol. The van der Waals surface area contributed by atoms with Crippen molar-refractivity contribution < 1.29 is 0 Å². The molecule has 90 valence electrons. The Labute approximate surface area is 102 Å². The summed E-state index contributed by atoms with van der Waals surface area (Å²) >= 11 is 0. The van der Waals surface area contributed by atoms with Crippen LogP contribution in [-0.4, -0.2) is 4.98 Å². The van der Waals surface area contributed by atoms with Gasteiger partial charge in [-0.1, -0.05) is 33.8 Å². The van der Waals surface area contributed by atoms with Crippen molar-refractivity contribution in [3.8, 4) is 0 Å². The molecule has 2 rings (SSSR count). The van der Waals surface area contributed by atoms with Crippen LogP contribution in [0.2, 0.25) is 0 Å². The van der Waals surface area contributed by atoms with Crippen molar-refractivity contribution in [2.24, 2.45) is 0 Å². The minimum absolute atomic E-state index is 0.0153. The molecule has 0 fully saturated rings. The highest BCUT2D eigenvalue weighted by Crippen LogP contribution is 2.26. The first-order chi connectivity index (χ1) is 7.99. The van der Waals surface area contributed by atoms with Crippen molar-refractivity contribution in [2.45, 2.75) is 39.5 Å². The van der Waals surface area contributed by atoms with Crippen LogP contribution in [0.25, 0.3) is 10.9 Å². The Morgan fingerprint density at radius 1 is 1.00 bits per heavy atom. The number of H-pyrrole nitrogens is 1. The number of hydrogen-bond acceptors (Lipinski definition) is 1. The van der Waals surface area contributed by atoms with Gasteiger partial charge in [-0.15, -0.1) is 0 Å². The molecule has 0 unspecified atom stereocenters. The lowest BCUT2D eigenvalue weighted by molar-refractivity contribution is 0.860. The zero-order chi connectivity index (χ0) is 12.6. The van der Waals surface area contributed by atoms with Crippen LogP contribution in [0.15, 0.2) is 29.1 Å². The molecule has 0 atom stereocenters. The highest BCUT2D eigenvalue weighted by molar-refractivity contribution is 5.83. The number of fused-ring (bicyclic) bond motifs is 1. The molecule has 1 heterocycles. The van der Waals surface area contributed by atoms with Gasteiger partial charge in [-0.2, -0.15) is 0 Å². The standard InChI is InChI=1S/C15H19NO/c1-9(2)11-5-6-14-13(7-11)12(10(3)4)8-15(17)16-14/h5-10H,1-4H3,(H,16,17). The first-order valence-electron chi connectivity index (χ1n) is 6.16. The van der Waals surface area contributed by atoms with E-state index in [2.05, 4.69) is 44.8 Å². The number of aromatic nitrogens is 1. The monoisotopic (exact) mass is 229 g/mol. The van der Waals surface area contributed by atoms with Gasteiger partial charge in [0.25, 0.3) is 0 Å². The van der Waals surface area contributed by atoms with Gasteiger partial charge in [0.15, 0.2) is 0 Å². The predicted molar refractivity (Wildman–Crippen MR) is 72.7 cm³/mol. The van der Waals surface area contributed by atoms with Gasteiger partial charge in [0.05, 0.1) is 0 Å². The van der Waals surface area contributed by atoms with Gasteiger partial charge < -0.3 is 4.98 Å². The second-order valence-electron chi connectivity index (χ2n) is 5.20. The van der Waals surface area contributed by atoms with Crippen molar-refractivity contribution >= 4 is 10.9 Å². The molecule has 0 aliphatic rings. The summed E-state index contributed by atoms with van der Waals surface area (Å²) in [6, 6.07) is 8.02. The van der Waals surface area contributed by atoms with E-state index in [0.29, 0.717) is 11.8 Å². The minimum atomic E-state index is -0.0153. The average molecular weight is 229 g/mol. The van der Waals surface area contributed by atoms with Crippen LogP contribution in [-0.2, 0) is 0 Å². The molecule has 2 aromatic rings. The highest BCUT2D eigenvalue weighted by Gasteiger charge is 2.09. The van der Waals surface area contributed by atoms with Gasteiger partial charge in [0.2, 0.25) is 5.56 Å². The van der Waals surface area contributed by atoms with E-state index in [0.717, 1.165) is 11.1 Å². The Balaban J connectivity index is 2.78. The molecule has 1 N–H and O–H groups in total. The third-order valence-corrected chi connectivity index (χ3v) is 3.19. The lowest BCUT2D eigenvalue weighted by atomic mass is 9.95. The molecule has 0 spiro atoms. The van der Waals surface area contributed by atoms with E-state index in [9.17, 15) is 4.79 Å². The van der Waals surface area contributed by atoms with E-state index in [1.807, 2.05) is 6.07 Å². The van der Waals surface area contributed by atoms with Crippen molar-refractivity contribution in [2.75, 3.05) is 0 Å². The molecule has 1 aromatic carbocycles. The normalized spacial score (nSPS) is 11.6. The molecule has 0 saturated carbocycles. The number of aromatic amines is 1. The summed E-state index contributed by atoms with van der Waals surface area (Å²) in [5.74, 6) is 0.869. The van der Waals surface area contributed by atoms with E-state index in [1.165, 1.54) is 10.9 Å². The Bertz CT molecular complexity index is 593. The minimum Gasteiger partial charge on any atom is -0.322 e. The number of pyridine rings is 1. The number of nitrogens with one attached hydrogen (secondary N) is 1. The fourth-order valence-corrected chi connectivity index (χ4v) is 2.13. The Hall–Kier alpha value is -1.57. The van der Waals surface area contributed by atoms with Crippen LogP contribution >= 0.6 is 0 Å². The van der Waals surface area contributed by atoms with Crippen molar-refractivity contribution in [3.63, 3.8) is 0 Å². The smallest absolute Gasteiger partial charge is 0.248 e. The van der Waals surface area contributed by atoms with E-state index in [-0.39, 0.29) is 5.56 Å². The summed E-state index contributed by atoms with van der Waals surface area (Å²) in [5.41, 5.74) is 3.36. The first kappa shape index (κ1) is 11.9. The summed E-state index contributed by atoms with van der Waals surface area (Å²) in [6.45, 7) is 8.61. The zero-order valence-electron chi connectivity index (χ0n) is 10.9. The van der Waals surface area contributed by atoms with Gasteiger partial charge in [-0.3, -0.25) is 4.79 Å². The lowest BCUT2D eigenvalue weighted by Crippen LogP contribution is -2.07. The first-order valence-corrected chi connectivity index (χ1v) is 6.16. The SMILES string of the molecule is CC(C)c1ccc2[nH]c(=O)cc(C(C)C)c2c1. The topological polar surface area (TPSA) is 32.9 Å². The van der Waals surface area contributed by atoms with Gasteiger partial charge in [-0.25, -0.2) is 0 Å². The highest BCUT2D eigenvalue weighted by atomic mass is 16.1. The quantitative estimate of drug-likeness (QED) is 0.835. The molecule has 1 aromatic heterocycles. The Morgan fingerprint density at radius 2 is 1.71 bits per heavy atom. The summed E-state index contributed by atoms with van der Waals surface area (Å²) in [5, 5.41) is 1.17. The third kappa shape index (κ3) is 2.26. The molecule has 0 bridgehead atoms. The van der Waals surface area contributed by atoms with Crippen LogP contribution in [0.4, 0.5) is 0 Å². The summed E-state index contributed by atoms with van der Waals surface area (Å²) in [4.78, 5) is 14.5. The van der Waals surface area contributed by atoms with Crippen molar-refractivity contribution in [3.05, 3.63) is 45.7 Å². The molecule has 0 aliphatic carbocycles. The fourth-order valence-electron chi connectivity index (χ4n) is 2.13. The van der Waals surface area contributed by atoms with Crippen LogP contribution < -0.4 is 5.56 Å². The maximum absolute atomic E-state index is 11.6. The maximum Gasteiger partial charge on any atom is 0.248 e. The molecule has 2 heteroatoms. The van der Waals surface area contributed by atoms with Gasteiger partial charge in [0.1, 0.15) is 0 Å². The summed E-state index contributed by atoms with van der Waals surface area (Å²) in [7, 11) is 0. The van der Waals surface area contributed by atoms with Crippen LogP contribution in [0.1, 0.15) is 50.7 Å². The lowest BCUT2D eigenvalue weighted by Gasteiger charge is -2.12. The van der Waals surface area contributed by atoms with Crippen LogP contribution in [0.3, 0.4) is 0 Å². The van der Waals surface area contributed by atoms with E-state index in [4.69, 9.17) is 0 Å². The predicted octanol–water partition coefficient (Wildman–Crippen LogP) is 3.77. The summed E-state index contributed by atoms with van der Waals surface area (Å²) in [6.07, 6.45) is 0. The zero-order valence-corrected chi connectivity index (χ0v) is 10.9. The van der Waals surface area contributed by atoms with Crippen LogP contribution in [0.5, 0.6) is 0 Å². The second-order valence-corrected chi connectivity index (χ2v) is 5.20. The Morgan fingerprint density at radius 3 is 2.29 bits per heavy atom. The molecule has 2 nitrogen and oxygen atoms in total. The molecule has 0 amide bonds. The van der Waals surface area contributed by atoms with Crippen molar-refractivity contribution in [1.82, 2.24) is 4.98 Å². The van der Waals surface area contributed by atoms with Gasteiger partial charge in [0, 0.05) is 17.0 Å². The Kier molecular flexibility index (Phi) is 3.05. The fraction of sp³-hybridized carbons (Fsp3) is 0.400. The molecule has 17 heavy (non-hydrogen) atoms. The van der Waals surface area contributed by atoms with Gasteiger partial charge in [-0.05, 0) is 35.1 Å². The third-order valence-electron chi connectivity index (χ3n) is 3.19. The number of hydrogen-bond donors (Lipinski definition) is 1. The molecule has 0 radical (unpaired) electrons. The van der Waals surface area contributed by atoms with E-state index >= 15 is 0 Å².